The third kappa shape index (κ3) is 1.65. The van der Waals surface area contributed by atoms with Crippen molar-refractivity contribution in [3.05, 3.63) is 0 Å². The van der Waals surface area contributed by atoms with E-state index in [0.29, 0.717) is 13.0 Å². The van der Waals surface area contributed by atoms with E-state index in [2.05, 4.69) is 0 Å². The number of likely N-dealkylation sites (tertiary alicyclic amines) is 1. The Hall–Kier alpha value is -1.10. The summed E-state index contributed by atoms with van der Waals surface area (Å²) in [6.07, 6.45) is 2.52. The topological polar surface area (TPSA) is 86.2 Å². The van der Waals surface area contributed by atoms with Crippen LogP contribution in [0.15, 0.2) is 0 Å². The van der Waals surface area contributed by atoms with Crippen molar-refractivity contribution in [2.24, 2.45) is 11.5 Å². The van der Waals surface area contributed by atoms with Crippen molar-refractivity contribution in [1.29, 1.82) is 0 Å². The lowest BCUT2D eigenvalue weighted by molar-refractivity contribution is -0.851. The minimum Gasteiger partial charge on any atom is -0.364 e. The zero-order valence-electron chi connectivity index (χ0n) is 7.82. The summed E-state index contributed by atoms with van der Waals surface area (Å²) >= 11 is 0. The summed E-state index contributed by atoms with van der Waals surface area (Å²) < 4.78 is -0.0324. The maximum absolute atomic E-state index is 11.2. The monoisotopic (exact) mass is 186 g/mol. The lowest BCUT2D eigenvalue weighted by Gasteiger charge is -2.38. The third-order valence-corrected chi connectivity index (χ3v) is 2.87. The van der Waals surface area contributed by atoms with E-state index in [1.165, 1.54) is 0 Å². The van der Waals surface area contributed by atoms with Crippen molar-refractivity contribution in [2.75, 3.05) is 13.6 Å². The van der Waals surface area contributed by atoms with Gasteiger partial charge in [-0.05, 0) is 12.8 Å². The summed E-state index contributed by atoms with van der Waals surface area (Å²) in [5.41, 5.74) is 10.5. The van der Waals surface area contributed by atoms with Crippen LogP contribution in [0.25, 0.3) is 0 Å². The highest BCUT2D eigenvalue weighted by Crippen LogP contribution is 2.23. The molecule has 0 aromatic heterocycles. The number of piperidine rings is 1. The Balaban J connectivity index is 2.89. The van der Waals surface area contributed by atoms with E-state index in [4.69, 9.17) is 11.5 Å². The average Bonchev–Trinajstić information content (AvgIpc) is 2.04. The molecule has 2 atom stereocenters. The highest BCUT2D eigenvalue weighted by atomic mass is 16.2. The van der Waals surface area contributed by atoms with Crippen molar-refractivity contribution in [2.45, 2.75) is 25.3 Å². The molecule has 13 heavy (non-hydrogen) atoms. The largest absolute Gasteiger partial charge is 0.414 e. The number of carbonyl (C=O) groups is 2. The van der Waals surface area contributed by atoms with Crippen molar-refractivity contribution >= 4 is 11.9 Å². The molecule has 2 unspecified atom stereocenters. The molecule has 0 radical (unpaired) electrons. The summed E-state index contributed by atoms with van der Waals surface area (Å²) in [5, 5.41) is 0. The molecular formula is C8H16N3O2+. The first kappa shape index (κ1) is 9.98. The summed E-state index contributed by atoms with van der Waals surface area (Å²) in [5.74, 6) is -0.430. The van der Waals surface area contributed by atoms with E-state index in [9.17, 15) is 9.59 Å². The van der Waals surface area contributed by atoms with Gasteiger partial charge in [-0.3, -0.25) is 4.79 Å². The van der Waals surface area contributed by atoms with Crippen molar-refractivity contribution in [3.8, 4) is 0 Å². The first-order chi connectivity index (χ1) is 5.98. The summed E-state index contributed by atoms with van der Waals surface area (Å²) in [6, 6.07) is -0.908. The Morgan fingerprint density at radius 3 is 2.31 bits per heavy atom. The highest BCUT2D eigenvalue weighted by molar-refractivity contribution is 5.81. The van der Waals surface area contributed by atoms with Crippen molar-refractivity contribution < 1.29 is 14.1 Å². The zero-order valence-corrected chi connectivity index (χ0v) is 7.82. The van der Waals surface area contributed by atoms with Gasteiger partial charge < -0.3 is 11.5 Å². The number of hydrogen-bond acceptors (Lipinski definition) is 2. The van der Waals surface area contributed by atoms with E-state index >= 15 is 0 Å². The lowest BCUT2D eigenvalue weighted by atomic mass is 9.99. The molecule has 0 aromatic rings. The molecule has 0 saturated carbocycles. The minimum absolute atomic E-state index is 0.0324. The third-order valence-electron chi connectivity index (χ3n) is 2.87. The van der Waals surface area contributed by atoms with Gasteiger partial charge >= 0.3 is 6.03 Å². The van der Waals surface area contributed by atoms with Crippen molar-refractivity contribution in [1.82, 2.24) is 0 Å². The SMILES string of the molecule is C[N+]1(C(N)=O)CCCCC1C(N)=O. The number of primary amides is 2. The zero-order chi connectivity index (χ0) is 10.1. The second-order valence-corrected chi connectivity index (χ2v) is 3.74. The van der Waals surface area contributed by atoms with Crippen LogP contribution in [0.1, 0.15) is 19.3 Å². The van der Waals surface area contributed by atoms with Crippen LogP contribution >= 0.6 is 0 Å². The molecule has 5 heteroatoms. The van der Waals surface area contributed by atoms with Gasteiger partial charge in [-0.1, -0.05) is 0 Å². The van der Waals surface area contributed by atoms with Gasteiger partial charge in [0, 0.05) is 6.42 Å². The van der Waals surface area contributed by atoms with E-state index in [1.807, 2.05) is 0 Å². The number of amides is 3. The number of carbonyl (C=O) groups excluding carboxylic acids is 2. The average molecular weight is 186 g/mol. The van der Waals surface area contributed by atoms with Crippen LogP contribution in [0, 0.1) is 0 Å². The number of nitrogens with two attached hydrogens (primary N) is 2. The Kier molecular flexibility index (Phi) is 2.56. The molecule has 1 rings (SSSR count). The summed E-state index contributed by atoms with van der Waals surface area (Å²) in [6.45, 7) is 0.614. The van der Waals surface area contributed by atoms with Crippen LogP contribution in [0.3, 0.4) is 0 Å². The van der Waals surface area contributed by atoms with Gasteiger partial charge in [-0.2, -0.15) is 0 Å². The standard InChI is InChI=1S/C8H15N3O2/c1-11(8(10)13)5-3-2-4-6(11)7(9)12/h6H,2-5H2,1H3,(H3-,9,10,12,13)/p+1. The molecule has 3 amide bonds. The fraction of sp³-hybridized carbons (Fsp3) is 0.750. The van der Waals surface area contributed by atoms with Crippen molar-refractivity contribution in [3.63, 3.8) is 0 Å². The quantitative estimate of drug-likeness (QED) is 0.543. The summed E-state index contributed by atoms with van der Waals surface area (Å²) in [7, 11) is 1.68. The van der Waals surface area contributed by atoms with Crippen LogP contribution in [0.4, 0.5) is 4.79 Å². The Morgan fingerprint density at radius 2 is 1.92 bits per heavy atom. The molecule has 0 spiro atoms. The van der Waals surface area contributed by atoms with Gasteiger partial charge in [0.1, 0.15) is 0 Å². The minimum atomic E-state index is -0.469. The number of rotatable bonds is 1. The second kappa shape index (κ2) is 3.33. The van der Waals surface area contributed by atoms with E-state index < -0.39 is 18.0 Å². The number of nitrogens with zero attached hydrogens (tertiary/aromatic N) is 1. The molecular weight excluding hydrogens is 170 g/mol. The number of likely N-dealkylation sites (N-methyl/N-ethyl adjacent to an activating group) is 1. The van der Waals surface area contributed by atoms with Gasteiger partial charge in [0.25, 0.3) is 5.91 Å². The van der Waals surface area contributed by atoms with Gasteiger partial charge in [0.05, 0.1) is 13.6 Å². The molecule has 1 aliphatic heterocycles. The van der Waals surface area contributed by atoms with Gasteiger partial charge in [-0.15, -0.1) is 0 Å². The maximum Gasteiger partial charge on any atom is 0.414 e. The fourth-order valence-electron chi connectivity index (χ4n) is 1.91. The van der Waals surface area contributed by atoms with Crippen LogP contribution in [0.2, 0.25) is 0 Å². The molecule has 74 valence electrons. The van der Waals surface area contributed by atoms with Crippen LogP contribution in [0.5, 0.6) is 0 Å². The Bertz CT molecular complexity index is 242. The maximum atomic E-state index is 11.2. The van der Waals surface area contributed by atoms with E-state index in [1.54, 1.807) is 7.05 Å². The molecule has 1 heterocycles. The first-order valence-electron chi connectivity index (χ1n) is 4.43. The molecule has 1 saturated heterocycles. The number of hydrogen-bond donors (Lipinski definition) is 2. The molecule has 4 N–H and O–H groups in total. The summed E-state index contributed by atoms with van der Waals surface area (Å²) in [4.78, 5) is 22.3. The van der Waals surface area contributed by atoms with Gasteiger partial charge in [0.2, 0.25) is 0 Å². The fourth-order valence-corrected chi connectivity index (χ4v) is 1.91. The molecule has 5 nitrogen and oxygen atoms in total. The second-order valence-electron chi connectivity index (χ2n) is 3.74. The number of quaternary nitrogens is 1. The van der Waals surface area contributed by atoms with Crippen LogP contribution < -0.4 is 11.5 Å². The van der Waals surface area contributed by atoms with Crippen LogP contribution in [-0.4, -0.2) is 36.1 Å². The molecule has 0 aromatic carbocycles. The van der Waals surface area contributed by atoms with Crippen LogP contribution in [-0.2, 0) is 4.79 Å². The Labute approximate surface area is 77.3 Å². The normalized spacial score (nSPS) is 34.1. The van der Waals surface area contributed by atoms with Gasteiger partial charge in [-0.25, -0.2) is 9.28 Å². The molecule has 1 fully saturated rings. The van der Waals surface area contributed by atoms with E-state index in [-0.39, 0.29) is 4.48 Å². The predicted octanol–water partition coefficient (Wildman–Crippen LogP) is -0.451. The molecule has 1 aliphatic rings. The molecule has 0 aliphatic carbocycles. The smallest absolute Gasteiger partial charge is 0.364 e. The first-order valence-corrected chi connectivity index (χ1v) is 4.43. The Morgan fingerprint density at radius 1 is 1.31 bits per heavy atom. The lowest BCUT2D eigenvalue weighted by Crippen LogP contribution is -2.64. The number of urea groups is 1. The highest BCUT2D eigenvalue weighted by Gasteiger charge is 2.44. The van der Waals surface area contributed by atoms with E-state index in [0.717, 1.165) is 12.8 Å². The van der Waals surface area contributed by atoms with Gasteiger partial charge in [0.15, 0.2) is 6.04 Å². The predicted molar refractivity (Wildman–Crippen MR) is 47.5 cm³/mol. The molecule has 0 bridgehead atoms.